The van der Waals surface area contributed by atoms with Gasteiger partial charge in [0.15, 0.2) is 0 Å². The van der Waals surface area contributed by atoms with Crippen molar-refractivity contribution in [1.29, 1.82) is 0 Å². The Morgan fingerprint density at radius 2 is 1.96 bits per heavy atom. The maximum absolute atomic E-state index is 6.21. The molecule has 114 valence electrons. The molecule has 0 bridgehead atoms. The van der Waals surface area contributed by atoms with Gasteiger partial charge in [0.05, 0.1) is 23.3 Å². The van der Waals surface area contributed by atoms with E-state index in [9.17, 15) is 0 Å². The highest BCUT2D eigenvalue weighted by molar-refractivity contribution is 5.96. The van der Waals surface area contributed by atoms with Crippen LogP contribution in [0.25, 0.3) is 16.5 Å². The molecule has 4 heteroatoms. The van der Waals surface area contributed by atoms with Crippen molar-refractivity contribution in [1.82, 2.24) is 9.97 Å². The number of pyridine rings is 2. The molecule has 2 N–H and O–H groups in total. The molecule has 0 aliphatic rings. The third kappa shape index (κ3) is 3.26. The van der Waals surface area contributed by atoms with Gasteiger partial charge < -0.3 is 5.73 Å². The monoisotopic (exact) mass is 302 g/mol. The van der Waals surface area contributed by atoms with Crippen molar-refractivity contribution in [2.75, 3.05) is 0 Å². The largest absolute Gasteiger partial charge is 0.397 e. The lowest BCUT2D eigenvalue weighted by molar-refractivity contribution is 1.12. The standard InChI is InChI=1S/C19H18N4/c1-2-14-12-23-19(17-8-4-3-7-16(14)17)18(20)9-11-22-15-6-5-10-21-13-15/h3-13H,2,20H2,1H3/b18-9-,22-11?. The molecule has 0 aliphatic carbocycles. The lowest BCUT2D eigenvalue weighted by Gasteiger charge is -2.09. The number of aliphatic imine (C=N–C) groups is 1. The van der Waals surface area contributed by atoms with Crippen molar-refractivity contribution in [3.05, 3.63) is 72.3 Å². The van der Waals surface area contributed by atoms with E-state index in [4.69, 9.17) is 5.73 Å². The number of benzene rings is 1. The Morgan fingerprint density at radius 3 is 2.70 bits per heavy atom. The van der Waals surface area contributed by atoms with E-state index < -0.39 is 0 Å². The van der Waals surface area contributed by atoms with Gasteiger partial charge in [-0.3, -0.25) is 15.0 Å². The van der Waals surface area contributed by atoms with Crippen LogP contribution in [-0.2, 0) is 6.42 Å². The van der Waals surface area contributed by atoms with E-state index in [2.05, 4.69) is 34.0 Å². The van der Waals surface area contributed by atoms with Gasteiger partial charge in [0, 0.05) is 24.0 Å². The van der Waals surface area contributed by atoms with E-state index in [-0.39, 0.29) is 0 Å². The summed E-state index contributed by atoms with van der Waals surface area (Å²) in [6.45, 7) is 2.13. The predicted molar refractivity (Wildman–Crippen MR) is 95.7 cm³/mol. The number of hydrogen-bond donors (Lipinski definition) is 1. The minimum Gasteiger partial charge on any atom is -0.397 e. The normalized spacial score (nSPS) is 12.1. The summed E-state index contributed by atoms with van der Waals surface area (Å²) in [6.07, 6.45) is 9.71. The van der Waals surface area contributed by atoms with Crippen molar-refractivity contribution in [2.24, 2.45) is 10.7 Å². The maximum atomic E-state index is 6.21. The minimum absolute atomic E-state index is 0.594. The zero-order chi connectivity index (χ0) is 16.1. The van der Waals surface area contributed by atoms with Crippen LogP contribution in [0.1, 0.15) is 18.2 Å². The average Bonchev–Trinajstić information content (AvgIpc) is 2.61. The molecule has 4 nitrogen and oxygen atoms in total. The Balaban J connectivity index is 1.96. The SMILES string of the molecule is CCc1cnc(/C(N)=C/C=Nc2cccnc2)c2ccccc12. The number of aryl methyl sites for hydroxylation is 1. The maximum Gasteiger partial charge on any atom is 0.0937 e. The molecule has 0 fully saturated rings. The fraction of sp³-hybridized carbons (Fsp3) is 0.105. The topological polar surface area (TPSA) is 64.2 Å². The van der Waals surface area contributed by atoms with Crippen LogP contribution in [0.4, 0.5) is 5.69 Å². The molecular formula is C19H18N4. The Bertz CT molecular complexity index is 867. The summed E-state index contributed by atoms with van der Waals surface area (Å²) in [7, 11) is 0. The van der Waals surface area contributed by atoms with Crippen molar-refractivity contribution in [2.45, 2.75) is 13.3 Å². The molecule has 0 unspecified atom stereocenters. The van der Waals surface area contributed by atoms with E-state index in [1.807, 2.05) is 30.5 Å². The highest BCUT2D eigenvalue weighted by Gasteiger charge is 2.07. The second-order valence-corrected chi connectivity index (χ2v) is 5.14. The van der Waals surface area contributed by atoms with Crippen LogP contribution in [0.5, 0.6) is 0 Å². The van der Waals surface area contributed by atoms with E-state index >= 15 is 0 Å². The lowest BCUT2D eigenvalue weighted by Crippen LogP contribution is -2.02. The highest BCUT2D eigenvalue weighted by Crippen LogP contribution is 2.24. The van der Waals surface area contributed by atoms with Crippen LogP contribution in [0, 0.1) is 0 Å². The first-order valence-corrected chi connectivity index (χ1v) is 7.56. The van der Waals surface area contributed by atoms with Crippen molar-refractivity contribution < 1.29 is 0 Å². The summed E-state index contributed by atoms with van der Waals surface area (Å²) in [6, 6.07) is 11.9. The first-order valence-electron chi connectivity index (χ1n) is 7.56. The lowest BCUT2D eigenvalue weighted by atomic mass is 10.0. The molecule has 0 aliphatic heterocycles. The highest BCUT2D eigenvalue weighted by atomic mass is 14.8. The zero-order valence-electron chi connectivity index (χ0n) is 13.0. The number of allylic oxidation sites excluding steroid dienone is 1. The summed E-state index contributed by atoms with van der Waals surface area (Å²) in [5.74, 6) is 0. The number of rotatable bonds is 4. The summed E-state index contributed by atoms with van der Waals surface area (Å²) in [5.41, 5.74) is 9.60. The number of nitrogens with zero attached hydrogens (tertiary/aromatic N) is 3. The predicted octanol–water partition coefficient (Wildman–Crippen LogP) is 3.89. The van der Waals surface area contributed by atoms with E-state index in [1.54, 1.807) is 24.7 Å². The molecule has 0 amide bonds. The first-order chi connectivity index (χ1) is 11.3. The van der Waals surface area contributed by atoms with Crippen LogP contribution >= 0.6 is 0 Å². The van der Waals surface area contributed by atoms with Gasteiger partial charge in [0.2, 0.25) is 0 Å². The van der Waals surface area contributed by atoms with Gasteiger partial charge in [0.1, 0.15) is 0 Å². The fourth-order valence-electron chi connectivity index (χ4n) is 2.48. The molecule has 1 aromatic carbocycles. The van der Waals surface area contributed by atoms with Gasteiger partial charge in [-0.1, -0.05) is 31.2 Å². The zero-order valence-corrected chi connectivity index (χ0v) is 13.0. The molecule has 0 saturated heterocycles. The van der Waals surface area contributed by atoms with Crippen molar-refractivity contribution in [3.63, 3.8) is 0 Å². The number of fused-ring (bicyclic) bond motifs is 1. The molecule has 0 saturated carbocycles. The fourth-order valence-corrected chi connectivity index (χ4v) is 2.48. The summed E-state index contributed by atoms with van der Waals surface area (Å²) in [5, 5.41) is 2.26. The van der Waals surface area contributed by atoms with Gasteiger partial charge in [-0.05, 0) is 35.6 Å². The quantitative estimate of drug-likeness (QED) is 0.743. The Labute approximate surface area is 135 Å². The molecule has 0 atom stereocenters. The summed E-state index contributed by atoms with van der Waals surface area (Å²) >= 11 is 0. The Morgan fingerprint density at radius 1 is 1.13 bits per heavy atom. The molecule has 3 rings (SSSR count). The van der Waals surface area contributed by atoms with Gasteiger partial charge >= 0.3 is 0 Å². The second kappa shape index (κ2) is 6.83. The molecule has 23 heavy (non-hydrogen) atoms. The number of hydrogen-bond acceptors (Lipinski definition) is 4. The molecular weight excluding hydrogens is 284 g/mol. The Kier molecular flexibility index (Phi) is 4.43. The van der Waals surface area contributed by atoms with Gasteiger partial charge in [-0.2, -0.15) is 0 Å². The van der Waals surface area contributed by atoms with Gasteiger partial charge in [-0.15, -0.1) is 0 Å². The average molecular weight is 302 g/mol. The van der Waals surface area contributed by atoms with Gasteiger partial charge in [0.25, 0.3) is 0 Å². The third-order valence-electron chi connectivity index (χ3n) is 3.66. The molecule has 3 aromatic rings. The smallest absolute Gasteiger partial charge is 0.0937 e. The van der Waals surface area contributed by atoms with Crippen LogP contribution in [-0.4, -0.2) is 16.2 Å². The number of nitrogens with two attached hydrogens (primary N) is 1. The first kappa shape index (κ1) is 14.9. The van der Waals surface area contributed by atoms with E-state index in [0.29, 0.717) is 5.70 Å². The summed E-state index contributed by atoms with van der Waals surface area (Å²) in [4.78, 5) is 12.9. The van der Waals surface area contributed by atoms with E-state index in [1.165, 1.54) is 10.9 Å². The number of aromatic nitrogens is 2. The molecule has 2 aromatic heterocycles. The Hall–Kier alpha value is -3.01. The second-order valence-electron chi connectivity index (χ2n) is 5.14. The molecule has 0 radical (unpaired) electrons. The van der Waals surface area contributed by atoms with Crippen LogP contribution in [0.2, 0.25) is 0 Å². The molecule has 0 spiro atoms. The minimum atomic E-state index is 0.594. The van der Waals surface area contributed by atoms with Crippen LogP contribution in [0.15, 0.2) is 66.1 Å². The third-order valence-corrected chi connectivity index (χ3v) is 3.66. The van der Waals surface area contributed by atoms with Crippen molar-refractivity contribution >= 4 is 28.4 Å². The molecule has 2 heterocycles. The van der Waals surface area contributed by atoms with Crippen LogP contribution < -0.4 is 5.73 Å². The van der Waals surface area contributed by atoms with Crippen molar-refractivity contribution in [3.8, 4) is 0 Å². The van der Waals surface area contributed by atoms with Gasteiger partial charge in [-0.25, -0.2) is 0 Å². The van der Waals surface area contributed by atoms with E-state index in [0.717, 1.165) is 23.2 Å². The summed E-state index contributed by atoms with van der Waals surface area (Å²) < 4.78 is 0. The van der Waals surface area contributed by atoms with Crippen LogP contribution in [0.3, 0.4) is 0 Å².